The summed E-state index contributed by atoms with van der Waals surface area (Å²) in [7, 11) is 0. The number of anilines is 1. The van der Waals surface area contributed by atoms with Gasteiger partial charge in [-0.1, -0.05) is 30.3 Å². The summed E-state index contributed by atoms with van der Waals surface area (Å²) < 4.78 is 0. The molecule has 0 aliphatic rings. The van der Waals surface area contributed by atoms with Crippen LogP contribution in [0.5, 0.6) is 0 Å². The molecular weight excluding hydrogens is 276 g/mol. The van der Waals surface area contributed by atoms with Gasteiger partial charge in [0.05, 0.1) is 6.04 Å². The second kappa shape index (κ2) is 6.72. The van der Waals surface area contributed by atoms with Crippen LogP contribution in [0.4, 0.5) is 5.69 Å². The first-order valence-corrected chi connectivity index (χ1v) is 7.58. The van der Waals surface area contributed by atoms with Crippen LogP contribution in [0, 0.1) is 20.8 Å². The van der Waals surface area contributed by atoms with Crippen molar-refractivity contribution in [1.82, 2.24) is 5.32 Å². The molecule has 0 saturated carbocycles. The fourth-order valence-electron chi connectivity index (χ4n) is 2.41. The van der Waals surface area contributed by atoms with Gasteiger partial charge >= 0.3 is 0 Å². The van der Waals surface area contributed by atoms with E-state index in [0.717, 1.165) is 5.69 Å². The number of thiocarbonyl (C=S) groups is 1. The largest absolute Gasteiger partial charge is 0.356 e. The molecule has 2 N–H and O–H groups in total. The van der Waals surface area contributed by atoms with Crippen molar-refractivity contribution < 1.29 is 0 Å². The Hall–Kier alpha value is -1.87. The smallest absolute Gasteiger partial charge is 0.171 e. The Morgan fingerprint density at radius 1 is 0.952 bits per heavy atom. The van der Waals surface area contributed by atoms with Crippen molar-refractivity contribution in [2.45, 2.75) is 33.7 Å². The number of para-hydroxylation sites is 1. The van der Waals surface area contributed by atoms with Crippen LogP contribution in [0.1, 0.15) is 35.2 Å². The molecule has 0 amide bonds. The highest BCUT2D eigenvalue weighted by atomic mass is 32.1. The Labute approximate surface area is 132 Å². The molecule has 0 unspecified atom stereocenters. The number of benzene rings is 2. The maximum Gasteiger partial charge on any atom is 0.171 e. The Morgan fingerprint density at radius 2 is 1.57 bits per heavy atom. The molecule has 0 saturated heterocycles. The van der Waals surface area contributed by atoms with Crippen molar-refractivity contribution in [3.63, 3.8) is 0 Å². The number of hydrogen-bond acceptors (Lipinski definition) is 1. The van der Waals surface area contributed by atoms with Crippen molar-refractivity contribution >= 4 is 23.0 Å². The van der Waals surface area contributed by atoms with Gasteiger partial charge in [-0.15, -0.1) is 0 Å². The second-order valence-electron chi connectivity index (χ2n) is 5.48. The minimum atomic E-state index is 0.174. The first-order chi connectivity index (χ1) is 9.97. The molecule has 0 bridgehead atoms. The molecule has 3 heteroatoms. The molecule has 110 valence electrons. The number of nitrogens with one attached hydrogen (secondary N) is 2. The zero-order valence-electron chi connectivity index (χ0n) is 13.0. The minimum Gasteiger partial charge on any atom is -0.356 e. The van der Waals surface area contributed by atoms with Gasteiger partial charge in [0.2, 0.25) is 0 Å². The molecule has 1 atom stereocenters. The molecule has 0 fully saturated rings. The molecule has 0 aliphatic carbocycles. The molecule has 0 aliphatic heterocycles. The second-order valence-corrected chi connectivity index (χ2v) is 5.89. The summed E-state index contributed by atoms with van der Waals surface area (Å²) in [4.78, 5) is 0. The lowest BCUT2D eigenvalue weighted by Crippen LogP contribution is -2.31. The van der Waals surface area contributed by atoms with Gasteiger partial charge in [0.15, 0.2) is 5.11 Å². The van der Waals surface area contributed by atoms with E-state index in [1.807, 2.05) is 30.3 Å². The highest BCUT2D eigenvalue weighted by molar-refractivity contribution is 7.80. The highest BCUT2D eigenvalue weighted by Gasteiger charge is 2.11. The third-order valence-corrected chi connectivity index (χ3v) is 3.95. The van der Waals surface area contributed by atoms with Crippen LogP contribution in [0.3, 0.4) is 0 Å². The Balaban J connectivity index is 2.06. The average molecular weight is 298 g/mol. The summed E-state index contributed by atoms with van der Waals surface area (Å²) in [6.07, 6.45) is 0. The van der Waals surface area contributed by atoms with E-state index in [-0.39, 0.29) is 6.04 Å². The lowest BCUT2D eigenvalue weighted by Gasteiger charge is -2.20. The Morgan fingerprint density at radius 3 is 2.24 bits per heavy atom. The minimum absolute atomic E-state index is 0.174. The van der Waals surface area contributed by atoms with Gasteiger partial charge in [-0.3, -0.25) is 0 Å². The summed E-state index contributed by atoms with van der Waals surface area (Å²) in [5.74, 6) is 0. The fraction of sp³-hybridized carbons (Fsp3) is 0.278. The van der Waals surface area contributed by atoms with Crippen molar-refractivity contribution in [2.24, 2.45) is 0 Å². The SMILES string of the molecule is Cc1cc(C)c([C@H](C)NC(=S)Nc2ccccc2)cc1C. The van der Waals surface area contributed by atoms with Crippen LogP contribution in [0.15, 0.2) is 42.5 Å². The Bertz CT molecular complexity index is 635. The monoisotopic (exact) mass is 298 g/mol. The fourth-order valence-corrected chi connectivity index (χ4v) is 2.71. The van der Waals surface area contributed by atoms with Crippen molar-refractivity contribution in [3.05, 3.63) is 64.7 Å². The third kappa shape index (κ3) is 4.05. The van der Waals surface area contributed by atoms with E-state index in [0.29, 0.717) is 5.11 Å². The van der Waals surface area contributed by atoms with E-state index in [2.05, 4.69) is 50.5 Å². The molecule has 0 spiro atoms. The third-order valence-electron chi connectivity index (χ3n) is 3.73. The summed E-state index contributed by atoms with van der Waals surface area (Å²) in [5, 5.41) is 7.21. The lowest BCUT2D eigenvalue weighted by molar-refractivity contribution is 0.716. The molecule has 0 heterocycles. The molecule has 21 heavy (non-hydrogen) atoms. The topological polar surface area (TPSA) is 24.1 Å². The molecule has 0 radical (unpaired) electrons. The van der Waals surface area contributed by atoms with Gasteiger partial charge in [-0.2, -0.15) is 0 Å². The molecule has 0 aromatic heterocycles. The van der Waals surface area contributed by atoms with Crippen molar-refractivity contribution in [1.29, 1.82) is 0 Å². The van der Waals surface area contributed by atoms with Crippen LogP contribution >= 0.6 is 12.2 Å². The van der Waals surface area contributed by atoms with E-state index in [1.54, 1.807) is 0 Å². The summed E-state index contributed by atoms with van der Waals surface area (Å²) >= 11 is 5.39. The number of aryl methyl sites for hydroxylation is 3. The van der Waals surface area contributed by atoms with E-state index in [9.17, 15) is 0 Å². The van der Waals surface area contributed by atoms with E-state index in [4.69, 9.17) is 12.2 Å². The van der Waals surface area contributed by atoms with Gasteiger partial charge in [0.25, 0.3) is 0 Å². The number of rotatable bonds is 3. The zero-order chi connectivity index (χ0) is 15.4. The molecular formula is C18H22N2S. The first kappa shape index (κ1) is 15.5. The summed E-state index contributed by atoms with van der Waals surface area (Å²) in [6.45, 7) is 8.57. The van der Waals surface area contributed by atoms with E-state index in [1.165, 1.54) is 22.3 Å². The van der Waals surface area contributed by atoms with E-state index < -0.39 is 0 Å². The lowest BCUT2D eigenvalue weighted by atomic mass is 9.97. The zero-order valence-corrected chi connectivity index (χ0v) is 13.8. The van der Waals surface area contributed by atoms with Crippen LogP contribution < -0.4 is 10.6 Å². The maximum absolute atomic E-state index is 5.39. The number of hydrogen-bond donors (Lipinski definition) is 2. The normalized spacial score (nSPS) is 11.8. The standard InChI is InChI=1S/C18H22N2S/c1-12-10-14(3)17(11-13(12)2)15(4)19-18(21)20-16-8-6-5-7-9-16/h5-11,15H,1-4H3,(H2,19,20,21)/t15-/m0/s1. The first-order valence-electron chi connectivity index (χ1n) is 7.17. The van der Waals surface area contributed by atoms with Crippen LogP contribution in [0.2, 0.25) is 0 Å². The van der Waals surface area contributed by atoms with Crippen LogP contribution in [-0.4, -0.2) is 5.11 Å². The highest BCUT2D eigenvalue weighted by Crippen LogP contribution is 2.21. The van der Waals surface area contributed by atoms with Crippen LogP contribution in [0.25, 0.3) is 0 Å². The van der Waals surface area contributed by atoms with Gasteiger partial charge in [-0.25, -0.2) is 0 Å². The Kier molecular flexibility index (Phi) is 4.97. The van der Waals surface area contributed by atoms with Gasteiger partial charge in [0, 0.05) is 5.69 Å². The molecule has 2 nitrogen and oxygen atoms in total. The van der Waals surface area contributed by atoms with Crippen molar-refractivity contribution in [2.75, 3.05) is 5.32 Å². The quantitative estimate of drug-likeness (QED) is 0.806. The molecule has 2 rings (SSSR count). The van der Waals surface area contributed by atoms with Gasteiger partial charge < -0.3 is 10.6 Å². The maximum atomic E-state index is 5.39. The summed E-state index contributed by atoms with van der Waals surface area (Å²) in [5.41, 5.74) is 6.22. The predicted octanol–water partition coefficient (Wildman–Crippen LogP) is 4.66. The predicted molar refractivity (Wildman–Crippen MR) is 94.9 cm³/mol. The van der Waals surface area contributed by atoms with Gasteiger partial charge in [0.1, 0.15) is 0 Å². The average Bonchev–Trinajstić information content (AvgIpc) is 2.43. The van der Waals surface area contributed by atoms with Crippen molar-refractivity contribution in [3.8, 4) is 0 Å². The molecule has 2 aromatic carbocycles. The van der Waals surface area contributed by atoms with E-state index >= 15 is 0 Å². The van der Waals surface area contributed by atoms with Crippen LogP contribution in [-0.2, 0) is 0 Å². The van der Waals surface area contributed by atoms with Gasteiger partial charge in [-0.05, 0) is 74.3 Å². The summed E-state index contributed by atoms with van der Waals surface area (Å²) in [6, 6.07) is 14.6. The molecule has 2 aromatic rings.